The number of carboxylic acid groups (broad SMARTS) is 1. The SMILES string of the molecule is O=C(Cc1ccc(OC(F)F)cc1)CC(C(=O)O)(C1CC1)C1CC1. The fourth-order valence-corrected chi connectivity index (χ4v) is 3.65. The molecule has 0 atom stereocenters. The van der Waals surface area contributed by atoms with Crippen molar-refractivity contribution < 1.29 is 28.2 Å². The number of rotatable bonds is 9. The van der Waals surface area contributed by atoms with Crippen molar-refractivity contribution in [2.75, 3.05) is 0 Å². The number of halogens is 2. The Hall–Kier alpha value is -1.98. The smallest absolute Gasteiger partial charge is 0.387 e. The third-order valence-corrected chi connectivity index (χ3v) is 5.05. The fraction of sp³-hybridized carbons (Fsp3) is 0.556. The number of hydrogen-bond donors (Lipinski definition) is 1. The molecule has 24 heavy (non-hydrogen) atoms. The number of carboxylic acids is 1. The molecule has 0 aliphatic heterocycles. The van der Waals surface area contributed by atoms with Crippen LogP contribution in [0.15, 0.2) is 24.3 Å². The van der Waals surface area contributed by atoms with Crippen LogP contribution in [0.2, 0.25) is 0 Å². The largest absolute Gasteiger partial charge is 0.481 e. The van der Waals surface area contributed by atoms with Crippen LogP contribution in [0, 0.1) is 17.3 Å². The van der Waals surface area contributed by atoms with Crippen LogP contribution in [0.3, 0.4) is 0 Å². The van der Waals surface area contributed by atoms with E-state index in [-0.39, 0.29) is 36.2 Å². The maximum absolute atomic E-state index is 12.4. The zero-order valence-electron chi connectivity index (χ0n) is 13.2. The molecular weight excluding hydrogens is 318 g/mol. The molecule has 2 fully saturated rings. The normalized spacial score (nSPS) is 17.8. The van der Waals surface area contributed by atoms with Crippen molar-refractivity contribution in [2.24, 2.45) is 17.3 Å². The van der Waals surface area contributed by atoms with E-state index in [1.165, 1.54) is 12.1 Å². The van der Waals surface area contributed by atoms with E-state index in [9.17, 15) is 23.5 Å². The molecule has 130 valence electrons. The van der Waals surface area contributed by atoms with Gasteiger partial charge in [0.05, 0.1) is 5.41 Å². The van der Waals surface area contributed by atoms with Crippen LogP contribution in [0.1, 0.15) is 37.7 Å². The summed E-state index contributed by atoms with van der Waals surface area (Å²) in [5, 5.41) is 9.74. The number of benzene rings is 1. The number of hydrogen-bond acceptors (Lipinski definition) is 3. The van der Waals surface area contributed by atoms with Crippen LogP contribution in [0.5, 0.6) is 5.75 Å². The van der Waals surface area contributed by atoms with Gasteiger partial charge in [0.25, 0.3) is 0 Å². The van der Waals surface area contributed by atoms with Crippen molar-refractivity contribution in [2.45, 2.75) is 45.1 Å². The molecule has 2 aliphatic carbocycles. The van der Waals surface area contributed by atoms with Crippen molar-refractivity contribution in [1.29, 1.82) is 0 Å². The van der Waals surface area contributed by atoms with Gasteiger partial charge >= 0.3 is 12.6 Å². The van der Waals surface area contributed by atoms with E-state index in [0.717, 1.165) is 25.7 Å². The Kier molecular flexibility index (Phi) is 4.56. The molecule has 0 amide bonds. The van der Waals surface area contributed by atoms with Crippen LogP contribution in [0.4, 0.5) is 8.78 Å². The van der Waals surface area contributed by atoms with E-state index in [0.29, 0.717) is 5.56 Å². The van der Waals surface area contributed by atoms with Gasteiger partial charge in [-0.2, -0.15) is 8.78 Å². The van der Waals surface area contributed by atoms with Crippen LogP contribution in [0.25, 0.3) is 0 Å². The summed E-state index contributed by atoms with van der Waals surface area (Å²) in [6, 6.07) is 5.90. The molecule has 0 heterocycles. The van der Waals surface area contributed by atoms with Crippen molar-refractivity contribution in [1.82, 2.24) is 0 Å². The summed E-state index contributed by atoms with van der Waals surface area (Å²) in [6.07, 6.45) is 3.72. The summed E-state index contributed by atoms with van der Waals surface area (Å²) in [6.45, 7) is -2.88. The average Bonchev–Trinajstić information content (AvgIpc) is 3.37. The molecule has 0 unspecified atom stereocenters. The molecule has 1 aromatic carbocycles. The Morgan fingerprint density at radius 2 is 1.67 bits per heavy atom. The second kappa shape index (κ2) is 6.49. The summed E-state index contributed by atoms with van der Waals surface area (Å²) >= 11 is 0. The zero-order chi connectivity index (χ0) is 17.3. The molecule has 0 radical (unpaired) electrons. The molecule has 0 aromatic heterocycles. The number of alkyl halides is 2. The van der Waals surface area contributed by atoms with Gasteiger partial charge in [-0.05, 0) is 55.2 Å². The van der Waals surface area contributed by atoms with Crippen molar-refractivity contribution in [3.05, 3.63) is 29.8 Å². The maximum atomic E-state index is 12.4. The van der Waals surface area contributed by atoms with Crippen LogP contribution in [-0.4, -0.2) is 23.5 Å². The molecule has 4 nitrogen and oxygen atoms in total. The third kappa shape index (κ3) is 3.57. The van der Waals surface area contributed by atoms with Gasteiger partial charge in [0, 0.05) is 12.8 Å². The second-order valence-electron chi connectivity index (χ2n) is 6.81. The molecule has 1 N–H and O–H groups in total. The summed E-state index contributed by atoms with van der Waals surface area (Å²) in [7, 11) is 0. The molecule has 0 bridgehead atoms. The Morgan fingerprint density at radius 1 is 1.12 bits per heavy atom. The first-order chi connectivity index (χ1) is 11.4. The first kappa shape index (κ1) is 16.9. The van der Waals surface area contributed by atoms with E-state index in [1.54, 1.807) is 12.1 Å². The molecule has 6 heteroatoms. The lowest BCUT2D eigenvalue weighted by Gasteiger charge is -2.29. The highest BCUT2D eigenvalue weighted by Gasteiger charge is 2.59. The average molecular weight is 338 g/mol. The Bertz CT molecular complexity index is 606. The first-order valence-electron chi connectivity index (χ1n) is 8.20. The highest BCUT2D eigenvalue weighted by molar-refractivity contribution is 5.88. The van der Waals surface area contributed by atoms with E-state index in [1.807, 2.05) is 0 Å². The topological polar surface area (TPSA) is 63.6 Å². The minimum absolute atomic E-state index is 0.0389. The molecule has 3 rings (SSSR count). The summed E-state index contributed by atoms with van der Waals surface area (Å²) < 4.78 is 28.5. The number of aliphatic carboxylic acids is 1. The maximum Gasteiger partial charge on any atom is 0.387 e. The third-order valence-electron chi connectivity index (χ3n) is 5.05. The van der Waals surface area contributed by atoms with E-state index in [4.69, 9.17) is 0 Å². The minimum Gasteiger partial charge on any atom is -0.481 e. The van der Waals surface area contributed by atoms with Gasteiger partial charge in [-0.3, -0.25) is 9.59 Å². The quantitative estimate of drug-likeness (QED) is 0.746. The molecule has 1 aromatic rings. The second-order valence-corrected chi connectivity index (χ2v) is 6.81. The summed E-state index contributed by atoms with van der Waals surface area (Å²) in [4.78, 5) is 24.3. The Balaban J connectivity index is 1.65. The van der Waals surface area contributed by atoms with E-state index in [2.05, 4.69) is 4.74 Å². The standard InChI is InChI=1S/C18H20F2O4/c19-17(20)24-15-7-1-11(2-8-15)9-14(21)10-18(16(22)23,12-3-4-12)13-5-6-13/h1-2,7-8,12-13,17H,3-6,9-10H2,(H,22,23). The van der Waals surface area contributed by atoms with Gasteiger partial charge < -0.3 is 9.84 Å². The lowest BCUT2D eigenvalue weighted by molar-refractivity contribution is -0.155. The van der Waals surface area contributed by atoms with Gasteiger partial charge in [-0.25, -0.2) is 0 Å². The van der Waals surface area contributed by atoms with E-state index < -0.39 is 18.0 Å². The summed E-state index contributed by atoms with van der Waals surface area (Å²) in [5.41, 5.74) is -0.219. The van der Waals surface area contributed by atoms with Crippen molar-refractivity contribution >= 4 is 11.8 Å². The Morgan fingerprint density at radius 3 is 2.08 bits per heavy atom. The molecular formula is C18H20F2O4. The van der Waals surface area contributed by atoms with Crippen molar-refractivity contribution in [3.8, 4) is 5.75 Å². The number of Topliss-reactive ketones (excluding diaryl/α,β-unsaturated/α-hetero) is 1. The number of ketones is 1. The van der Waals surface area contributed by atoms with Gasteiger partial charge in [0.15, 0.2) is 0 Å². The lowest BCUT2D eigenvalue weighted by Crippen LogP contribution is -2.38. The lowest BCUT2D eigenvalue weighted by atomic mass is 9.73. The predicted octanol–water partition coefficient (Wildman–Crippen LogP) is 3.68. The van der Waals surface area contributed by atoms with Gasteiger partial charge in [-0.1, -0.05) is 12.1 Å². The van der Waals surface area contributed by atoms with Gasteiger partial charge in [-0.15, -0.1) is 0 Å². The monoisotopic (exact) mass is 338 g/mol. The molecule has 0 spiro atoms. The predicted molar refractivity (Wildman–Crippen MR) is 81.9 cm³/mol. The number of carbonyl (C=O) groups is 2. The van der Waals surface area contributed by atoms with E-state index >= 15 is 0 Å². The Labute approximate surface area is 138 Å². The summed E-state index contributed by atoms with van der Waals surface area (Å²) in [5.74, 6) is -0.682. The zero-order valence-corrected chi connectivity index (χ0v) is 13.2. The first-order valence-corrected chi connectivity index (χ1v) is 8.20. The minimum atomic E-state index is -2.88. The van der Waals surface area contributed by atoms with Crippen LogP contribution >= 0.6 is 0 Å². The van der Waals surface area contributed by atoms with Gasteiger partial charge in [0.1, 0.15) is 11.5 Å². The van der Waals surface area contributed by atoms with Gasteiger partial charge in [0.2, 0.25) is 0 Å². The molecule has 2 saturated carbocycles. The van der Waals surface area contributed by atoms with Crippen LogP contribution in [-0.2, 0) is 16.0 Å². The highest BCUT2D eigenvalue weighted by Crippen LogP contribution is 2.60. The number of carbonyl (C=O) groups excluding carboxylic acids is 1. The number of ether oxygens (including phenoxy) is 1. The fourth-order valence-electron chi connectivity index (χ4n) is 3.65. The molecule has 0 saturated heterocycles. The van der Waals surface area contributed by atoms with Crippen LogP contribution < -0.4 is 4.74 Å². The molecule has 2 aliphatic rings. The highest BCUT2D eigenvalue weighted by atomic mass is 19.3. The van der Waals surface area contributed by atoms with Crippen molar-refractivity contribution in [3.63, 3.8) is 0 Å².